The summed E-state index contributed by atoms with van der Waals surface area (Å²) in [6.07, 6.45) is 3.44. The van der Waals surface area contributed by atoms with Gasteiger partial charge in [-0.15, -0.1) is 11.3 Å². The lowest BCUT2D eigenvalue weighted by atomic mass is 10.2. The van der Waals surface area contributed by atoms with Crippen LogP contribution in [0.5, 0.6) is 11.5 Å². The number of urea groups is 1. The maximum Gasteiger partial charge on any atom is 0.321 e. The maximum atomic E-state index is 12.3. The molecule has 2 N–H and O–H groups in total. The summed E-state index contributed by atoms with van der Waals surface area (Å²) in [6.45, 7) is 0.786. The van der Waals surface area contributed by atoms with Crippen LogP contribution >= 0.6 is 11.3 Å². The number of nitrogens with zero attached hydrogens (tertiary/aromatic N) is 2. The third kappa shape index (κ3) is 5.61. The zero-order valence-corrected chi connectivity index (χ0v) is 18.3. The number of nitrogens with one attached hydrogen (secondary N) is 2. The molecule has 8 heteroatoms. The van der Waals surface area contributed by atoms with Gasteiger partial charge in [0, 0.05) is 29.9 Å². The SMILES string of the molecule is COc1cc(CNC(=O)Nc2nc(-c3cccnc3)cs2)ccc1OCc1ccccc1. The predicted octanol–water partition coefficient (Wildman–Crippen LogP) is 5.11. The molecule has 0 bridgehead atoms. The topological polar surface area (TPSA) is 85.4 Å². The molecule has 4 rings (SSSR count). The standard InChI is InChI=1S/C24H22N4O3S/c1-30-22-12-18(9-10-21(22)31-15-17-6-3-2-4-7-17)13-26-23(29)28-24-27-20(16-32-24)19-8-5-11-25-14-19/h2-12,14,16H,13,15H2,1H3,(H2,26,27,28,29). The number of methoxy groups -OCH3 is 1. The van der Waals surface area contributed by atoms with E-state index in [0.717, 1.165) is 22.4 Å². The van der Waals surface area contributed by atoms with Crippen LogP contribution in [-0.4, -0.2) is 23.1 Å². The number of ether oxygens (including phenoxy) is 2. The predicted molar refractivity (Wildman–Crippen MR) is 125 cm³/mol. The van der Waals surface area contributed by atoms with Crippen LogP contribution in [0.25, 0.3) is 11.3 Å². The molecule has 162 valence electrons. The lowest BCUT2D eigenvalue weighted by Crippen LogP contribution is -2.28. The Kier molecular flexibility index (Phi) is 6.94. The van der Waals surface area contributed by atoms with E-state index in [9.17, 15) is 4.79 Å². The number of hydrogen-bond acceptors (Lipinski definition) is 6. The van der Waals surface area contributed by atoms with Crippen molar-refractivity contribution in [1.29, 1.82) is 0 Å². The van der Waals surface area contributed by atoms with Crippen LogP contribution < -0.4 is 20.1 Å². The van der Waals surface area contributed by atoms with Gasteiger partial charge in [0.1, 0.15) is 6.61 Å². The highest BCUT2D eigenvalue weighted by Gasteiger charge is 2.10. The Labute approximate surface area is 190 Å². The van der Waals surface area contributed by atoms with Crippen LogP contribution in [0.4, 0.5) is 9.93 Å². The fourth-order valence-electron chi connectivity index (χ4n) is 2.98. The summed E-state index contributed by atoms with van der Waals surface area (Å²) >= 11 is 1.36. The average molecular weight is 447 g/mol. The third-order valence-corrected chi connectivity index (χ3v) is 5.36. The Morgan fingerprint density at radius 1 is 1.03 bits per heavy atom. The van der Waals surface area contributed by atoms with Crippen LogP contribution in [0.1, 0.15) is 11.1 Å². The van der Waals surface area contributed by atoms with Gasteiger partial charge in [0.2, 0.25) is 0 Å². The first-order chi connectivity index (χ1) is 15.7. The maximum absolute atomic E-state index is 12.3. The number of amides is 2. The molecule has 0 fully saturated rings. The largest absolute Gasteiger partial charge is 0.493 e. The molecule has 7 nitrogen and oxygen atoms in total. The van der Waals surface area contributed by atoms with Gasteiger partial charge in [0.25, 0.3) is 0 Å². The molecule has 0 atom stereocenters. The third-order valence-electron chi connectivity index (χ3n) is 4.60. The molecule has 0 saturated heterocycles. The molecule has 0 aliphatic carbocycles. The molecule has 2 aromatic heterocycles. The van der Waals surface area contributed by atoms with Crippen molar-refractivity contribution in [2.24, 2.45) is 0 Å². The molecule has 0 saturated carbocycles. The van der Waals surface area contributed by atoms with E-state index in [-0.39, 0.29) is 6.03 Å². The number of thiazole rings is 1. The van der Waals surface area contributed by atoms with Crippen LogP contribution in [0.15, 0.2) is 78.4 Å². The van der Waals surface area contributed by atoms with Gasteiger partial charge < -0.3 is 14.8 Å². The summed E-state index contributed by atoms with van der Waals surface area (Å²) < 4.78 is 11.3. The van der Waals surface area contributed by atoms with Crippen molar-refractivity contribution in [3.8, 4) is 22.8 Å². The summed E-state index contributed by atoms with van der Waals surface area (Å²) in [7, 11) is 1.59. The molecular weight excluding hydrogens is 424 g/mol. The van der Waals surface area contributed by atoms with E-state index >= 15 is 0 Å². The van der Waals surface area contributed by atoms with Gasteiger partial charge in [-0.1, -0.05) is 36.4 Å². The molecule has 4 aromatic rings. The minimum absolute atomic E-state index is 0.333. The first-order valence-electron chi connectivity index (χ1n) is 9.95. The Bertz CT molecular complexity index is 1170. The molecule has 0 spiro atoms. The van der Waals surface area contributed by atoms with Gasteiger partial charge in [-0.2, -0.15) is 0 Å². The normalized spacial score (nSPS) is 10.4. The van der Waals surface area contributed by atoms with Crippen LogP contribution in [0.2, 0.25) is 0 Å². The highest BCUT2D eigenvalue weighted by Crippen LogP contribution is 2.29. The number of benzene rings is 2. The highest BCUT2D eigenvalue weighted by atomic mass is 32.1. The number of anilines is 1. The molecular formula is C24H22N4O3S. The van der Waals surface area contributed by atoms with E-state index in [1.165, 1.54) is 11.3 Å². The van der Waals surface area contributed by atoms with Crippen LogP contribution in [0, 0.1) is 0 Å². The fraction of sp³-hybridized carbons (Fsp3) is 0.125. The number of rotatable bonds is 8. The fourth-order valence-corrected chi connectivity index (χ4v) is 3.69. The number of hydrogen-bond donors (Lipinski definition) is 2. The van der Waals surface area contributed by atoms with Gasteiger partial charge in [-0.05, 0) is 35.4 Å². The van der Waals surface area contributed by atoms with Crippen molar-refractivity contribution in [3.63, 3.8) is 0 Å². The van der Waals surface area contributed by atoms with Gasteiger partial charge in [-0.3, -0.25) is 10.3 Å². The quantitative estimate of drug-likeness (QED) is 0.393. The second-order valence-corrected chi connectivity index (χ2v) is 7.70. The van der Waals surface area contributed by atoms with Gasteiger partial charge in [-0.25, -0.2) is 9.78 Å². The average Bonchev–Trinajstić information content (AvgIpc) is 3.31. The van der Waals surface area contributed by atoms with Gasteiger partial charge in [0.05, 0.1) is 12.8 Å². The van der Waals surface area contributed by atoms with Crippen molar-refractivity contribution < 1.29 is 14.3 Å². The number of pyridine rings is 1. The Hall–Kier alpha value is -3.91. The second kappa shape index (κ2) is 10.4. The molecule has 0 aliphatic heterocycles. The minimum atomic E-state index is -0.333. The molecule has 32 heavy (non-hydrogen) atoms. The monoisotopic (exact) mass is 446 g/mol. The summed E-state index contributed by atoms with van der Waals surface area (Å²) in [5.41, 5.74) is 3.64. The van der Waals surface area contributed by atoms with Gasteiger partial charge >= 0.3 is 6.03 Å². The summed E-state index contributed by atoms with van der Waals surface area (Å²) in [5.74, 6) is 1.26. The lowest BCUT2D eigenvalue weighted by Gasteiger charge is -2.13. The first-order valence-corrected chi connectivity index (χ1v) is 10.8. The molecule has 2 aromatic carbocycles. The van der Waals surface area contributed by atoms with E-state index < -0.39 is 0 Å². The molecule has 0 unspecified atom stereocenters. The Morgan fingerprint density at radius 3 is 2.69 bits per heavy atom. The van der Waals surface area contributed by atoms with E-state index in [4.69, 9.17) is 9.47 Å². The number of aromatic nitrogens is 2. The van der Waals surface area contributed by atoms with E-state index in [1.807, 2.05) is 66.0 Å². The number of carbonyl (C=O) groups excluding carboxylic acids is 1. The van der Waals surface area contributed by atoms with Crippen LogP contribution in [0.3, 0.4) is 0 Å². The molecule has 2 heterocycles. The first kappa shape index (κ1) is 21.3. The van der Waals surface area contributed by atoms with Gasteiger partial charge in [0.15, 0.2) is 16.6 Å². The minimum Gasteiger partial charge on any atom is -0.493 e. The Morgan fingerprint density at radius 2 is 1.91 bits per heavy atom. The summed E-state index contributed by atoms with van der Waals surface area (Å²) in [4.78, 5) is 20.8. The number of carbonyl (C=O) groups is 1. The van der Waals surface area contributed by atoms with Crippen molar-refractivity contribution >= 4 is 22.5 Å². The Balaban J connectivity index is 1.31. The van der Waals surface area contributed by atoms with E-state index in [1.54, 1.807) is 19.5 Å². The summed E-state index contributed by atoms with van der Waals surface area (Å²) in [6, 6.07) is 19.0. The lowest BCUT2D eigenvalue weighted by molar-refractivity contribution is 0.251. The molecule has 2 amide bonds. The van der Waals surface area contributed by atoms with Crippen molar-refractivity contribution in [2.75, 3.05) is 12.4 Å². The molecule has 0 radical (unpaired) electrons. The second-order valence-electron chi connectivity index (χ2n) is 6.85. The van der Waals surface area contributed by atoms with Crippen molar-refractivity contribution in [1.82, 2.24) is 15.3 Å². The van der Waals surface area contributed by atoms with Crippen molar-refractivity contribution in [2.45, 2.75) is 13.2 Å². The van der Waals surface area contributed by atoms with Crippen LogP contribution in [-0.2, 0) is 13.2 Å². The zero-order valence-electron chi connectivity index (χ0n) is 17.4. The van der Waals surface area contributed by atoms with Crippen molar-refractivity contribution in [3.05, 3.63) is 89.6 Å². The highest BCUT2D eigenvalue weighted by molar-refractivity contribution is 7.14. The summed E-state index contributed by atoms with van der Waals surface area (Å²) in [5, 5.41) is 7.99. The smallest absolute Gasteiger partial charge is 0.321 e. The zero-order chi connectivity index (χ0) is 22.2. The molecule has 0 aliphatic rings. The van der Waals surface area contributed by atoms with E-state index in [0.29, 0.717) is 29.8 Å². The van der Waals surface area contributed by atoms with E-state index in [2.05, 4.69) is 20.6 Å².